The predicted octanol–water partition coefficient (Wildman–Crippen LogP) is 3.77. The van der Waals surface area contributed by atoms with Crippen molar-refractivity contribution in [2.24, 2.45) is 0 Å². The number of fused-ring (bicyclic) bond motifs is 2. The lowest BCUT2D eigenvalue weighted by atomic mass is 10.1. The summed E-state index contributed by atoms with van der Waals surface area (Å²) < 4.78 is 2.04. The zero-order valence-corrected chi connectivity index (χ0v) is 15.7. The van der Waals surface area contributed by atoms with Crippen LogP contribution in [-0.2, 0) is 6.54 Å². The number of pyridine rings is 1. The topological polar surface area (TPSA) is 91.4 Å². The summed E-state index contributed by atoms with van der Waals surface area (Å²) in [5.74, 6) is 0.565. The number of hydrogen-bond acceptors (Lipinski definition) is 4. The zero-order valence-electron chi connectivity index (χ0n) is 15.7. The standard InChI is InChI=1S/C22H20N6O/c29-22-19(21-25-17-8-3-4-9-18(17)26-21)20(15-6-1-2-7-16(15)27-22)24-10-5-12-28-13-11-23-14-28/h1-4,6-9,11,13-14H,5,10,12H2,(H,25,26)(H2,24,27,29). The molecule has 0 atom stereocenters. The number of aromatic amines is 2. The third-order valence-electron chi connectivity index (χ3n) is 5.00. The first kappa shape index (κ1) is 17.2. The molecule has 5 rings (SSSR count). The first-order valence-corrected chi connectivity index (χ1v) is 9.59. The van der Waals surface area contributed by atoms with Crippen molar-refractivity contribution in [2.45, 2.75) is 13.0 Å². The highest BCUT2D eigenvalue weighted by molar-refractivity contribution is 5.99. The molecule has 0 aliphatic rings. The number of rotatable bonds is 6. The molecular formula is C22H20N6O. The van der Waals surface area contributed by atoms with E-state index < -0.39 is 0 Å². The highest BCUT2D eigenvalue weighted by Crippen LogP contribution is 2.30. The highest BCUT2D eigenvalue weighted by Gasteiger charge is 2.17. The Bertz CT molecular complexity index is 1300. The van der Waals surface area contributed by atoms with Gasteiger partial charge in [-0.15, -0.1) is 0 Å². The minimum absolute atomic E-state index is 0.167. The normalized spacial score (nSPS) is 11.3. The number of H-pyrrole nitrogens is 2. The van der Waals surface area contributed by atoms with Crippen LogP contribution in [0.25, 0.3) is 33.3 Å². The second-order valence-electron chi connectivity index (χ2n) is 6.93. The van der Waals surface area contributed by atoms with E-state index in [0.29, 0.717) is 11.4 Å². The molecule has 144 valence electrons. The van der Waals surface area contributed by atoms with Crippen LogP contribution < -0.4 is 10.9 Å². The van der Waals surface area contributed by atoms with E-state index >= 15 is 0 Å². The van der Waals surface area contributed by atoms with Gasteiger partial charge in [-0.2, -0.15) is 0 Å². The average Bonchev–Trinajstić information content (AvgIpc) is 3.40. The molecule has 3 heterocycles. The molecule has 29 heavy (non-hydrogen) atoms. The second-order valence-corrected chi connectivity index (χ2v) is 6.93. The smallest absolute Gasteiger partial charge is 0.261 e. The van der Waals surface area contributed by atoms with Gasteiger partial charge in [0, 0.05) is 30.9 Å². The summed E-state index contributed by atoms with van der Waals surface area (Å²) in [4.78, 5) is 28.0. The van der Waals surface area contributed by atoms with Crippen LogP contribution in [0, 0.1) is 0 Å². The van der Waals surface area contributed by atoms with Crippen molar-refractivity contribution in [2.75, 3.05) is 11.9 Å². The van der Waals surface area contributed by atoms with Crippen molar-refractivity contribution in [1.82, 2.24) is 24.5 Å². The molecule has 7 heteroatoms. The molecule has 0 spiro atoms. The number of hydrogen-bond donors (Lipinski definition) is 3. The summed E-state index contributed by atoms with van der Waals surface area (Å²) in [5.41, 5.74) is 3.70. The third kappa shape index (κ3) is 3.27. The van der Waals surface area contributed by atoms with Crippen LogP contribution >= 0.6 is 0 Å². The maximum atomic E-state index is 13.0. The fraction of sp³-hybridized carbons (Fsp3) is 0.136. The number of aryl methyl sites for hydroxylation is 1. The predicted molar refractivity (Wildman–Crippen MR) is 115 cm³/mol. The molecule has 0 saturated carbocycles. The van der Waals surface area contributed by atoms with Gasteiger partial charge in [-0.05, 0) is 24.6 Å². The van der Waals surface area contributed by atoms with Gasteiger partial charge in [0.2, 0.25) is 0 Å². The molecular weight excluding hydrogens is 364 g/mol. The van der Waals surface area contributed by atoms with Gasteiger partial charge in [0.05, 0.1) is 28.6 Å². The molecule has 0 aliphatic carbocycles. The molecule has 7 nitrogen and oxygen atoms in total. The van der Waals surface area contributed by atoms with Gasteiger partial charge in [-0.3, -0.25) is 4.79 Å². The highest BCUT2D eigenvalue weighted by atomic mass is 16.1. The van der Waals surface area contributed by atoms with E-state index in [2.05, 4.69) is 25.3 Å². The largest absolute Gasteiger partial charge is 0.384 e. The van der Waals surface area contributed by atoms with Gasteiger partial charge in [0.15, 0.2) is 0 Å². The van der Waals surface area contributed by atoms with Gasteiger partial charge in [-0.1, -0.05) is 30.3 Å². The summed E-state index contributed by atoms with van der Waals surface area (Å²) in [7, 11) is 0. The first-order chi connectivity index (χ1) is 14.3. The number of anilines is 1. The minimum atomic E-state index is -0.167. The Morgan fingerprint density at radius 1 is 1.00 bits per heavy atom. The van der Waals surface area contributed by atoms with Crippen LogP contribution in [0.15, 0.2) is 72.0 Å². The number of aromatic nitrogens is 5. The third-order valence-corrected chi connectivity index (χ3v) is 5.00. The van der Waals surface area contributed by atoms with Crippen molar-refractivity contribution >= 4 is 27.6 Å². The SMILES string of the molecule is O=c1[nH]c2ccccc2c(NCCCn2ccnc2)c1-c1nc2ccccc2[nH]1. The maximum absolute atomic E-state index is 13.0. The van der Waals surface area contributed by atoms with Crippen molar-refractivity contribution < 1.29 is 0 Å². The fourth-order valence-corrected chi connectivity index (χ4v) is 3.62. The van der Waals surface area contributed by atoms with Crippen molar-refractivity contribution in [3.63, 3.8) is 0 Å². The Kier molecular flexibility index (Phi) is 4.32. The van der Waals surface area contributed by atoms with Crippen LogP contribution in [0.4, 0.5) is 5.69 Å². The molecule has 0 unspecified atom stereocenters. The summed E-state index contributed by atoms with van der Waals surface area (Å²) in [6.07, 6.45) is 6.43. The number of para-hydroxylation sites is 3. The van der Waals surface area contributed by atoms with E-state index in [9.17, 15) is 4.79 Å². The van der Waals surface area contributed by atoms with E-state index in [-0.39, 0.29) is 5.56 Å². The average molecular weight is 384 g/mol. The summed E-state index contributed by atoms with van der Waals surface area (Å²) in [6, 6.07) is 15.6. The van der Waals surface area contributed by atoms with Crippen LogP contribution in [0.5, 0.6) is 0 Å². The molecule has 0 saturated heterocycles. The van der Waals surface area contributed by atoms with E-state index in [0.717, 1.165) is 47.1 Å². The Morgan fingerprint density at radius 2 is 1.83 bits per heavy atom. The molecule has 0 amide bonds. The van der Waals surface area contributed by atoms with Crippen LogP contribution in [0.2, 0.25) is 0 Å². The van der Waals surface area contributed by atoms with Crippen molar-refractivity contribution in [1.29, 1.82) is 0 Å². The molecule has 0 radical (unpaired) electrons. The van der Waals surface area contributed by atoms with E-state index in [4.69, 9.17) is 0 Å². The fourth-order valence-electron chi connectivity index (χ4n) is 3.62. The number of benzene rings is 2. The lowest BCUT2D eigenvalue weighted by molar-refractivity contribution is 0.661. The zero-order chi connectivity index (χ0) is 19.6. The van der Waals surface area contributed by atoms with Crippen LogP contribution in [0.1, 0.15) is 6.42 Å². The van der Waals surface area contributed by atoms with Crippen molar-refractivity contribution in [3.8, 4) is 11.4 Å². The first-order valence-electron chi connectivity index (χ1n) is 9.59. The second kappa shape index (κ2) is 7.27. The molecule has 3 aromatic heterocycles. The summed E-state index contributed by atoms with van der Waals surface area (Å²) in [6.45, 7) is 1.58. The van der Waals surface area contributed by atoms with Gasteiger partial charge < -0.3 is 19.9 Å². The van der Waals surface area contributed by atoms with Gasteiger partial charge >= 0.3 is 0 Å². The molecule has 3 N–H and O–H groups in total. The number of nitrogens with zero attached hydrogens (tertiary/aromatic N) is 3. The summed E-state index contributed by atoms with van der Waals surface area (Å²) >= 11 is 0. The quantitative estimate of drug-likeness (QED) is 0.389. The molecule has 0 bridgehead atoms. The van der Waals surface area contributed by atoms with Crippen LogP contribution in [0.3, 0.4) is 0 Å². The Labute approximate surface area is 166 Å². The Balaban J connectivity index is 1.55. The Hall–Kier alpha value is -3.87. The number of nitrogens with one attached hydrogen (secondary N) is 3. The van der Waals surface area contributed by atoms with E-state index in [1.807, 2.05) is 65.6 Å². The van der Waals surface area contributed by atoms with Crippen molar-refractivity contribution in [3.05, 3.63) is 77.6 Å². The molecule has 5 aromatic rings. The van der Waals surface area contributed by atoms with Gasteiger partial charge in [0.1, 0.15) is 11.4 Å². The lowest BCUT2D eigenvalue weighted by Gasteiger charge is -2.13. The Morgan fingerprint density at radius 3 is 2.66 bits per heavy atom. The van der Waals surface area contributed by atoms with Gasteiger partial charge in [0.25, 0.3) is 5.56 Å². The maximum Gasteiger partial charge on any atom is 0.261 e. The monoisotopic (exact) mass is 384 g/mol. The van der Waals surface area contributed by atoms with E-state index in [1.54, 1.807) is 6.20 Å². The molecule has 0 aliphatic heterocycles. The summed E-state index contributed by atoms with van der Waals surface area (Å²) in [5, 5.41) is 4.45. The van der Waals surface area contributed by atoms with Gasteiger partial charge in [-0.25, -0.2) is 9.97 Å². The van der Waals surface area contributed by atoms with E-state index in [1.165, 1.54) is 0 Å². The lowest BCUT2D eigenvalue weighted by Crippen LogP contribution is -2.15. The number of imidazole rings is 2. The minimum Gasteiger partial charge on any atom is -0.384 e. The van der Waals surface area contributed by atoms with Crippen LogP contribution in [-0.4, -0.2) is 31.0 Å². The molecule has 2 aromatic carbocycles. The molecule has 0 fully saturated rings.